The van der Waals surface area contributed by atoms with Crippen LogP contribution in [0.5, 0.6) is 5.88 Å². The number of amides is 3. The van der Waals surface area contributed by atoms with Gasteiger partial charge in [0.05, 0.1) is 13.2 Å². The highest BCUT2D eigenvalue weighted by molar-refractivity contribution is 5.92. The zero-order valence-electron chi connectivity index (χ0n) is 17.6. The number of nitrogens with zero attached hydrogens (tertiary/aromatic N) is 3. The summed E-state index contributed by atoms with van der Waals surface area (Å²) in [5.74, 6) is 0.501. The number of ether oxygens (including phenoxy) is 1. The van der Waals surface area contributed by atoms with Crippen molar-refractivity contribution in [1.29, 1.82) is 0 Å². The summed E-state index contributed by atoms with van der Waals surface area (Å²) in [6.07, 6.45) is 1.67. The first-order valence-electron chi connectivity index (χ1n) is 10.2. The molecule has 1 saturated heterocycles. The molecule has 2 N–H and O–H groups in total. The summed E-state index contributed by atoms with van der Waals surface area (Å²) in [6, 6.07) is 11.3. The van der Waals surface area contributed by atoms with Gasteiger partial charge in [-0.05, 0) is 32.0 Å². The number of aromatic nitrogens is 1. The molecule has 0 atom stereocenters. The molecule has 2 aromatic rings. The predicted molar refractivity (Wildman–Crippen MR) is 115 cm³/mol. The molecule has 1 aromatic heterocycles. The Morgan fingerprint density at radius 2 is 1.83 bits per heavy atom. The van der Waals surface area contributed by atoms with E-state index in [0.717, 1.165) is 16.8 Å². The average molecular weight is 412 g/mol. The fourth-order valence-corrected chi connectivity index (χ4v) is 3.26. The van der Waals surface area contributed by atoms with Crippen LogP contribution in [0.25, 0.3) is 0 Å². The Balaban J connectivity index is 1.41. The lowest BCUT2D eigenvalue weighted by Gasteiger charge is -2.34. The maximum Gasteiger partial charge on any atom is 0.317 e. The number of hydrogen-bond donors (Lipinski definition) is 2. The second-order valence-electron chi connectivity index (χ2n) is 7.24. The van der Waals surface area contributed by atoms with Crippen LogP contribution < -0.4 is 15.4 Å². The van der Waals surface area contributed by atoms with E-state index < -0.39 is 0 Å². The molecule has 1 aliphatic heterocycles. The molecule has 30 heavy (non-hydrogen) atoms. The molecule has 3 amide bonds. The molecule has 0 radical (unpaired) electrons. The molecule has 0 spiro atoms. The Hall–Kier alpha value is -3.13. The Bertz CT molecular complexity index is 848. The molecule has 1 aliphatic rings. The number of aryl methyl sites for hydroxylation is 1. The summed E-state index contributed by atoms with van der Waals surface area (Å²) in [7, 11) is 0. The third-order valence-corrected chi connectivity index (χ3v) is 4.92. The van der Waals surface area contributed by atoms with Crippen molar-refractivity contribution in [1.82, 2.24) is 20.1 Å². The van der Waals surface area contributed by atoms with Gasteiger partial charge in [-0.15, -0.1) is 0 Å². The summed E-state index contributed by atoms with van der Waals surface area (Å²) in [4.78, 5) is 32.8. The number of benzene rings is 1. The van der Waals surface area contributed by atoms with Gasteiger partial charge in [-0.25, -0.2) is 9.78 Å². The van der Waals surface area contributed by atoms with Crippen LogP contribution in [-0.2, 0) is 11.3 Å². The van der Waals surface area contributed by atoms with Gasteiger partial charge in [-0.1, -0.05) is 23.8 Å². The van der Waals surface area contributed by atoms with E-state index in [4.69, 9.17) is 4.74 Å². The van der Waals surface area contributed by atoms with Gasteiger partial charge < -0.3 is 20.3 Å². The standard InChI is InChI=1S/C22H29N5O3/c1-3-30-21-18(5-4-10-23-21)15-24-22(29)27-13-11-26(12-14-27)16-20(28)25-19-8-6-17(2)7-9-19/h4-10H,3,11-16H2,1-2H3,(H,24,29)(H,25,28). The minimum Gasteiger partial charge on any atom is -0.478 e. The summed E-state index contributed by atoms with van der Waals surface area (Å²) in [5.41, 5.74) is 2.80. The second kappa shape index (κ2) is 10.6. The van der Waals surface area contributed by atoms with E-state index in [2.05, 4.69) is 20.5 Å². The average Bonchev–Trinajstić information content (AvgIpc) is 2.75. The van der Waals surface area contributed by atoms with Gasteiger partial charge in [0.1, 0.15) is 0 Å². The van der Waals surface area contributed by atoms with E-state index in [1.165, 1.54) is 0 Å². The van der Waals surface area contributed by atoms with E-state index in [0.29, 0.717) is 51.8 Å². The smallest absolute Gasteiger partial charge is 0.317 e. The quantitative estimate of drug-likeness (QED) is 0.730. The van der Waals surface area contributed by atoms with Crippen LogP contribution in [0.3, 0.4) is 0 Å². The van der Waals surface area contributed by atoms with Crippen molar-refractivity contribution in [3.8, 4) is 5.88 Å². The first-order chi connectivity index (χ1) is 14.5. The van der Waals surface area contributed by atoms with Crippen molar-refractivity contribution in [2.24, 2.45) is 0 Å². The van der Waals surface area contributed by atoms with Crippen LogP contribution in [0.1, 0.15) is 18.1 Å². The molecule has 2 heterocycles. The molecule has 3 rings (SSSR count). The monoisotopic (exact) mass is 411 g/mol. The molecule has 0 bridgehead atoms. The highest BCUT2D eigenvalue weighted by Crippen LogP contribution is 2.14. The largest absolute Gasteiger partial charge is 0.478 e. The zero-order valence-corrected chi connectivity index (χ0v) is 17.6. The number of carbonyl (C=O) groups excluding carboxylic acids is 2. The van der Waals surface area contributed by atoms with E-state index in [1.807, 2.05) is 50.2 Å². The van der Waals surface area contributed by atoms with Gasteiger partial charge in [0.25, 0.3) is 0 Å². The number of carbonyl (C=O) groups is 2. The Kier molecular flexibility index (Phi) is 7.62. The van der Waals surface area contributed by atoms with Crippen LogP contribution >= 0.6 is 0 Å². The fourth-order valence-electron chi connectivity index (χ4n) is 3.26. The molecular weight excluding hydrogens is 382 g/mol. The Morgan fingerprint density at radius 3 is 2.53 bits per heavy atom. The zero-order chi connectivity index (χ0) is 21.3. The normalized spacial score (nSPS) is 14.3. The van der Waals surface area contributed by atoms with Crippen molar-refractivity contribution in [3.05, 3.63) is 53.7 Å². The summed E-state index contributed by atoms with van der Waals surface area (Å²) in [6.45, 7) is 7.59. The topological polar surface area (TPSA) is 86.8 Å². The van der Waals surface area contributed by atoms with Crippen LogP contribution in [0, 0.1) is 6.92 Å². The maximum atomic E-state index is 12.5. The van der Waals surface area contributed by atoms with E-state index in [-0.39, 0.29) is 11.9 Å². The van der Waals surface area contributed by atoms with Gasteiger partial charge in [0, 0.05) is 50.2 Å². The number of rotatable bonds is 7. The molecule has 0 aliphatic carbocycles. The number of piperazine rings is 1. The summed E-state index contributed by atoms with van der Waals surface area (Å²) >= 11 is 0. The minimum atomic E-state index is -0.120. The van der Waals surface area contributed by atoms with Crippen molar-refractivity contribution in [2.75, 3.05) is 44.6 Å². The lowest BCUT2D eigenvalue weighted by Crippen LogP contribution is -2.52. The molecule has 0 saturated carbocycles. The second-order valence-corrected chi connectivity index (χ2v) is 7.24. The lowest BCUT2D eigenvalue weighted by atomic mass is 10.2. The Labute approximate surface area is 177 Å². The SMILES string of the molecule is CCOc1ncccc1CNC(=O)N1CCN(CC(=O)Nc2ccc(C)cc2)CC1. The van der Waals surface area contributed by atoms with E-state index >= 15 is 0 Å². The molecule has 8 nitrogen and oxygen atoms in total. The number of hydrogen-bond acceptors (Lipinski definition) is 5. The third kappa shape index (κ3) is 6.18. The molecule has 1 fully saturated rings. The highest BCUT2D eigenvalue weighted by Gasteiger charge is 2.22. The van der Waals surface area contributed by atoms with Gasteiger partial charge in [0.15, 0.2) is 0 Å². The van der Waals surface area contributed by atoms with Gasteiger partial charge in [-0.2, -0.15) is 0 Å². The lowest BCUT2D eigenvalue weighted by molar-refractivity contribution is -0.117. The number of pyridine rings is 1. The van der Waals surface area contributed by atoms with Crippen molar-refractivity contribution >= 4 is 17.6 Å². The summed E-state index contributed by atoms with van der Waals surface area (Å²) in [5, 5.41) is 5.84. The summed E-state index contributed by atoms with van der Waals surface area (Å²) < 4.78 is 5.49. The van der Waals surface area contributed by atoms with Gasteiger partial charge in [0.2, 0.25) is 11.8 Å². The third-order valence-electron chi connectivity index (χ3n) is 4.92. The number of anilines is 1. The van der Waals surface area contributed by atoms with Gasteiger partial charge >= 0.3 is 6.03 Å². The van der Waals surface area contributed by atoms with Crippen LogP contribution in [0.15, 0.2) is 42.6 Å². The molecule has 8 heteroatoms. The molecule has 0 unspecified atom stereocenters. The maximum absolute atomic E-state index is 12.5. The van der Waals surface area contributed by atoms with Gasteiger partial charge in [-0.3, -0.25) is 9.69 Å². The number of nitrogens with one attached hydrogen (secondary N) is 2. The van der Waals surface area contributed by atoms with E-state index in [1.54, 1.807) is 11.1 Å². The fraction of sp³-hybridized carbons (Fsp3) is 0.409. The van der Waals surface area contributed by atoms with E-state index in [9.17, 15) is 9.59 Å². The van der Waals surface area contributed by atoms with Crippen molar-refractivity contribution < 1.29 is 14.3 Å². The van der Waals surface area contributed by atoms with Crippen molar-refractivity contribution in [3.63, 3.8) is 0 Å². The van der Waals surface area contributed by atoms with Crippen molar-refractivity contribution in [2.45, 2.75) is 20.4 Å². The Morgan fingerprint density at radius 1 is 1.10 bits per heavy atom. The molecular formula is C22H29N5O3. The molecule has 160 valence electrons. The predicted octanol–water partition coefficient (Wildman–Crippen LogP) is 2.25. The number of urea groups is 1. The van der Waals surface area contributed by atoms with Crippen LogP contribution in [-0.4, -0.2) is 66.1 Å². The first kappa shape index (κ1) is 21.6. The minimum absolute atomic E-state index is 0.0446. The highest BCUT2D eigenvalue weighted by atomic mass is 16.5. The van der Waals surface area contributed by atoms with Crippen LogP contribution in [0.4, 0.5) is 10.5 Å². The first-order valence-corrected chi connectivity index (χ1v) is 10.2. The molecule has 1 aromatic carbocycles. The van der Waals surface area contributed by atoms with Crippen LogP contribution in [0.2, 0.25) is 0 Å².